The third-order valence-electron chi connectivity index (χ3n) is 4.39. The summed E-state index contributed by atoms with van der Waals surface area (Å²) in [6.45, 7) is 3.11. The van der Waals surface area contributed by atoms with Crippen LogP contribution in [0, 0.1) is 12.8 Å². The third-order valence-corrected chi connectivity index (χ3v) is 5.32. The van der Waals surface area contributed by atoms with Crippen LogP contribution in [0.4, 0.5) is 0 Å². The van der Waals surface area contributed by atoms with Crippen molar-refractivity contribution in [3.8, 4) is 5.69 Å². The molecular weight excluding hydrogens is 338 g/mol. The van der Waals surface area contributed by atoms with Crippen LogP contribution in [0.5, 0.6) is 0 Å². The van der Waals surface area contributed by atoms with Crippen molar-refractivity contribution in [2.45, 2.75) is 24.9 Å². The summed E-state index contributed by atoms with van der Waals surface area (Å²) in [5, 5.41) is 8.77. The Morgan fingerprint density at radius 2 is 2.16 bits per heavy atom. The number of piperidine rings is 1. The molecule has 25 heavy (non-hydrogen) atoms. The fourth-order valence-corrected chi connectivity index (χ4v) is 3.80. The zero-order chi connectivity index (χ0) is 17.8. The van der Waals surface area contributed by atoms with Crippen molar-refractivity contribution >= 4 is 23.6 Å². The van der Waals surface area contributed by atoms with Crippen LogP contribution in [0.1, 0.15) is 18.4 Å². The molecule has 0 saturated carbocycles. The minimum atomic E-state index is -0.329. The van der Waals surface area contributed by atoms with E-state index in [2.05, 4.69) is 10.2 Å². The van der Waals surface area contributed by atoms with Gasteiger partial charge in [-0.05, 0) is 31.4 Å². The molecule has 2 N–H and O–H groups in total. The highest BCUT2D eigenvalue weighted by Gasteiger charge is 2.27. The summed E-state index contributed by atoms with van der Waals surface area (Å²) < 4.78 is 1.88. The number of rotatable bonds is 5. The van der Waals surface area contributed by atoms with Crippen molar-refractivity contribution in [1.29, 1.82) is 0 Å². The molecule has 1 fully saturated rings. The van der Waals surface area contributed by atoms with Crippen molar-refractivity contribution in [2.75, 3.05) is 18.8 Å². The molecule has 8 heteroatoms. The summed E-state index contributed by atoms with van der Waals surface area (Å²) in [6, 6.07) is 7.95. The first-order chi connectivity index (χ1) is 12.1. The summed E-state index contributed by atoms with van der Waals surface area (Å²) in [5.41, 5.74) is 7.48. The van der Waals surface area contributed by atoms with Crippen LogP contribution in [0.2, 0.25) is 0 Å². The molecule has 132 valence electrons. The topological polar surface area (TPSA) is 94.1 Å². The number of hydrogen-bond acceptors (Lipinski definition) is 5. The van der Waals surface area contributed by atoms with E-state index in [1.165, 1.54) is 11.8 Å². The highest BCUT2D eigenvalue weighted by Crippen LogP contribution is 2.23. The van der Waals surface area contributed by atoms with Crippen LogP contribution >= 0.6 is 11.8 Å². The van der Waals surface area contributed by atoms with E-state index in [1.54, 1.807) is 11.2 Å². The van der Waals surface area contributed by atoms with Gasteiger partial charge in [0, 0.05) is 13.1 Å². The quantitative estimate of drug-likeness (QED) is 0.814. The first-order valence-electron chi connectivity index (χ1n) is 8.22. The predicted octanol–water partition coefficient (Wildman–Crippen LogP) is 1.39. The van der Waals surface area contributed by atoms with E-state index in [9.17, 15) is 9.59 Å². The fourth-order valence-electron chi connectivity index (χ4n) is 2.98. The van der Waals surface area contributed by atoms with Crippen molar-refractivity contribution < 1.29 is 9.59 Å². The summed E-state index contributed by atoms with van der Waals surface area (Å²) in [5.74, 6) is -0.311. The first kappa shape index (κ1) is 17.5. The van der Waals surface area contributed by atoms with Gasteiger partial charge in [-0.15, -0.1) is 10.2 Å². The van der Waals surface area contributed by atoms with Crippen LogP contribution in [0.3, 0.4) is 0 Å². The predicted molar refractivity (Wildman–Crippen MR) is 95.3 cm³/mol. The molecule has 2 heterocycles. The molecule has 3 rings (SSSR count). The number of benzene rings is 1. The highest BCUT2D eigenvalue weighted by atomic mass is 32.2. The molecule has 0 radical (unpaired) electrons. The summed E-state index contributed by atoms with van der Waals surface area (Å²) >= 11 is 1.35. The number of likely N-dealkylation sites (tertiary alicyclic amines) is 1. The largest absolute Gasteiger partial charge is 0.369 e. The van der Waals surface area contributed by atoms with Gasteiger partial charge in [0.15, 0.2) is 5.16 Å². The number of aryl methyl sites for hydroxylation is 1. The van der Waals surface area contributed by atoms with Gasteiger partial charge in [-0.25, -0.2) is 0 Å². The van der Waals surface area contributed by atoms with Gasteiger partial charge in [0.05, 0.1) is 17.4 Å². The third kappa shape index (κ3) is 4.01. The smallest absolute Gasteiger partial charge is 0.233 e. The Morgan fingerprint density at radius 1 is 1.36 bits per heavy atom. The van der Waals surface area contributed by atoms with E-state index in [0.29, 0.717) is 18.2 Å². The van der Waals surface area contributed by atoms with Crippen LogP contribution in [-0.4, -0.2) is 50.3 Å². The van der Waals surface area contributed by atoms with Crippen molar-refractivity contribution in [2.24, 2.45) is 11.7 Å². The van der Waals surface area contributed by atoms with Crippen LogP contribution in [0.25, 0.3) is 5.69 Å². The lowest BCUT2D eigenvalue weighted by Gasteiger charge is -2.31. The number of thioether (sulfide) groups is 1. The average Bonchev–Trinajstić information content (AvgIpc) is 3.08. The Labute approximate surface area is 150 Å². The molecule has 7 nitrogen and oxygen atoms in total. The molecule has 2 aromatic rings. The Morgan fingerprint density at radius 3 is 2.92 bits per heavy atom. The van der Waals surface area contributed by atoms with E-state index in [4.69, 9.17) is 5.73 Å². The number of nitrogens with zero attached hydrogens (tertiary/aromatic N) is 4. The second-order valence-electron chi connectivity index (χ2n) is 6.14. The molecule has 1 aromatic heterocycles. The summed E-state index contributed by atoms with van der Waals surface area (Å²) in [7, 11) is 0. The summed E-state index contributed by atoms with van der Waals surface area (Å²) in [4.78, 5) is 25.6. The van der Waals surface area contributed by atoms with E-state index in [1.807, 2.05) is 35.8 Å². The summed E-state index contributed by atoms with van der Waals surface area (Å²) in [6.07, 6.45) is 3.22. The molecule has 2 amide bonds. The number of amides is 2. The molecule has 1 aromatic carbocycles. The molecular formula is C17H21N5O2S. The van der Waals surface area contributed by atoms with Gasteiger partial charge in [0.25, 0.3) is 0 Å². The van der Waals surface area contributed by atoms with Crippen LogP contribution < -0.4 is 5.73 Å². The minimum absolute atomic E-state index is 0.00437. The molecule has 0 bridgehead atoms. The molecule has 0 aliphatic carbocycles. The van der Waals surface area contributed by atoms with E-state index in [0.717, 1.165) is 24.1 Å². The Bertz CT molecular complexity index is 776. The molecule has 1 saturated heterocycles. The molecule has 1 atom stereocenters. The lowest BCUT2D eigenvalue weighted by Crippen LogP contribution is -2.44. The van der Waals surface area contributed by atoms with Gasteiger partial charge >= 0.3 is 0 Å². The standard InChI is InChI=1S/C17H21N5O2S/c1-12-5-2-3-7-14(12)22-11-19-20-17(22)25-10-15(23)21-8-4-6-13(9-21)16(18)24/h2-3,5,7,11,13H,4,6,8-10H2,1H3,(H2,18,24). The lowest BCUT2D eigenvalue weighted by molar-refractivity contribution is -0.132. The number of primary amides is 1. The Balaban J connectivity index is 1.65. The number of aromatic nitrogens is 3. The molecule has 1 unspecified atom stereocenters. The van der Waals surface area contributed by atoms with Gasteiger partial charge in [-0.1, -0.05) is 30.0 Å². The van der Waals surface area contributed by atoms with Crippen molar-refractivity contribution in [1.82, 2.24) is 19.7 Å². The maximum Gasteiger partial charge on any atom is 0.233 e. The normalized spacial score (nSPS) is 17.5. The van der Waals surface area contributed by atoms with Gasteiger partial charge in [-0.2, -0.15) is 0 Å². The highest BCUT2D eigenvalue weighted by molar-refractivity contribution is 7.99. The van der Waals surface area contributed by atoms with E-state index >= 15 is 0 Å². The number of hydrogen-bond donors (Lipinski definition) is 1. The van der Waals surface area contributed by atoms with Gasteiger partial charge in [0.1, 0.15) is 6.33 Å². The van der Waals surface area contributed by atoms with Crippen molar-refractivity contribution in [3.05, 3.63) is 36.2 Å². The lowest BCUT2D eigenvalue weighted by atomic mass is 9.97. The Kier molecular flexibility index (Phi) is 5.37. The molecule has 0 spiro atoms. The Hall–Kier alpha value is -2.35. The molecule has 1 aliphatic heterocycles. The maximum atomic E-state index is 12.5. The van der Waals surface area contributed by atoms with Crippen LogP contribution in [-0.2, 0) is 9.59 Å². The SMILES string of the molecule is Cc1ccccc1-n1cnnc1SCC(=O)N1CCCC(C(N)=O)C1. The number of nitrogens with two attached hydrogens (primary N) is 1. The second kappa shape index (κ2) is 7.69. The fraction of sp³-hybridized carbons (Fsp3) is 0.412. The monoisotopic (exact) mass is 359 g/mol. The number of para-hydroxylation sites is 1. The van der Waals surface area contributed by atoms with E-state index in [-0.39, 0.29) is 23.5 Å². The van der Waals surface area contributed by atoms with Crippen LogP contribution in [0.15, 0.2) is 35.7 Å². The number of carbonyl (C=O) groups excluding carboxylic acids is 2. The average molecular weight is 359 g/mol. The molecule has 1 aliphatic rings. The second-order valence-corrected chi connectivity index (χ2v) is 7.08. The van der Waals surface area contributed by atoms with Crippen molar-refractivity contribution in [3.63, 3.8) is 0 Å². The first-order valence-corrected chi connectivity index (χ1v) is 9.20. The minimum Gasteiger partial charge on any atom is -0.369 e. The maximum absolute atomic E-state index is 12.5. The van der Waals surface area contributed by atoms with E-state index < -0.39 is 0 Å². The zero-order valence-corrected chi connectivity index (χ0v) is 14.9. The van der Waals surface area contributed by atoms with Gasteiger partial charge in [-0.3, -0.25) is 14.2 Å². The number of carbonyl (C=O) groups is 2. The zero-order valence-electron chi connectivity index (χ0n) is 14.1. The van der Waals surface area contributed by atoms with Gasteiger partial charge in [0.2, 0.25) is 11.8 Å². The van der Waals surface area contributed by atoms with Gasteiger partial charge < -0.3 is 10.6 Å².